The molecule has 0 bridgehead atoms. The van der Waals surface area contributed by atoms with Crippen LogP contribution in [0.1, 0.15) is 60.2 Å². The molecule has 0 saturated carbocycles. The highest BCUT2D eigenvalue weighted by Crippen LogP contribution is 2.29. The second-order valence-corrected chi connectivity index (χ2v) is 13.7. The van der Waals surface area contributed by atoms with E-state index in [2.05, 4.69) is 16.0 Å². The standard InChI is InChI=1S/C39H44N6O4/c1-26(46)28-3-5-29(6-4-28)36-24-33(25-37(41-36)31-7-8-35-32(23-31)9-14-40-35)39(49)45-21-19-43(20-22-45)34-12-17-44(18-13-34)38(48)30-10-15-42(16-11-30)27(2)47/h3-9,14,23-25,30,34,40H,10-13,15-22H2,1-2H3. The van der Waals surface area contributed by atoms with Crippen LogP contribution >= 0.6 is 0 Å². The number of piperazine rings is 1. The molecule has 2 aromatic carbocycles. The quantitative estimate of drug-likeness (QED) is 0.288. The number of pyridine rings is 1. The van der Waals surface area contributed by atoms with Crippen molar-refractivity contribution in [3.63, 3.8) is 0 Å². The lowest BCUT2D eigenvalue weighted by molar-refractivity contribution is -0.141. The summed E-state index contributed by atoms with van der Waals surface area (Å²) in [6, 6.07) is 19.7. The van der Waals surface area contributed by atoms with Gasteiger partial charge < -0.3 is 19.7 Å². The number of aromatic amines is 1. The van der Waals surface area contributed by atoms with Gasteiger partial charge >= 0.3 is 0 Å². The fourth-order valence-electron chi connectivity index (χ4n) is 7.66. The summed E-state index contributed by atoms with van der Waals surface area (Å²) in [5.74, 6) is 0.351. The Hall–Kier alpha value is -4.83. The number of nitrogens with one attached hydrogen (secondary N) is 1. The molecule has 0 aliphatic carbocycles. The number of amides is 3. The Bertz CT molecular complexity index is 1860. The van der Waals surface area contributed by atoms with E-state index in [0.717, 1.165) is 79.6 Å². The maximum atomic E-state index is 14.1. The van der Waals surface area contributed by atoms with Gasteiger partial charge in [0.05, 0.1) is 11.4 Å². The molecule has 2 aromatic heterocycles. The number of nitrogens with zero attached hydrogens (tertiary/aromatic N) is 5. The summed E-state index contributed by atoms with van der Waals surface area (Å²) in [5, 5.41) is 1.07. The highest BCUT2D eigenvalue weighted by Gasteiger charge is 2.34. The maximum Gasteiger partial charge on any atom is 0.254 e. The Kier molecular flexibility index (Phi) is 9.31. The van der Waals surface area contributed by atoms with E-state index >= 15 is 0 Å². The molecule has 254 valence electrons. The van der Waals surface area contributed by atoms with Gasteiger partial charge in [-0.15, -0.1) is 0 Å². The van der Waals surface area contributed by atoms with E-state index < -0.39 is 0 Å². The predicted octanol–water partition coefficient (Wildman–Crippen LogP) is 5.11. The van der Waals surface area contributed by atoms with Crippen molar-refractivity contribution in [1.82, 2.24) is 29.6 Å². The number of benzene rings is 2. The van der Waals surface area contributed by atoms with Gasteiger partial charge in [-0.3, -0.25) is 24.1 Å². The number of carbonyl (C=O) groups excluding carboxylic acids is 4. The van der Waals surface area contributed by atoms with Gasteiger partial charge in [-0.25, -0.2) is 4.98 Å². The molecule has 10 heteroatoms. The number of carbonyl (C=O) groups is 4. The highest BCUT2D eigenvalue weighted by atomic mass is 16.2. The summed E-state index contributed by atoms with van der Waals surface area (Å²) in [7, 11) is 0. The van der Waals surface area contributed by atoms with Crippen molar-refractivity contribution in [2.75, 3.05) is 52.4 Å². The van der Waals surface area contributed by atoms with E-state index in [4.69, 9.17) is 4.98 Å². The van der Waals surface area contributed by atoms with Gasteiger partial charge in [-0.1, -0.05) is 30.3 Å². The Morgan fingerprint density at radius 2 is 1.29 bits per heavy atom. The molecule has 0 radical (unpaired) electrons. The summed E-state index contributed by atoms with van der Waals surface area (Å²) in [4.78, 5) is 67.4. The first kappa shape index (κ1) is 32.7. The molecular weight excluding hydrogens is 616 g/mol. The Labute approximate surface area is 287 Å². The zero-order chi connectivity index (χ0) is 34.1. The van der Waals surface area contributed by atoms with Crippen molar-refractivity contribution in [2.24, 2.45) is 5.92 Å². The number of aromatic nitrogens is 2. The Morgan fingerprint density at radius 3 is 1.94 bits per heavy atom. The van der Waals surface area contributed by atoms with Crippen molar-refractivity contribution in [3.05, 3.63) is 78.0 Å². The molecule has 0 unspecified atom stereocenters. The van der Waals surface area contributed by atoms with Gasteiger partial charge in [-0.2, -0.15) is 0 Å². The molecule has 3 aliphatic rings. The lowest BCUT2D eigenvalue weighted by atomic mass is 9.93. The first-order chi connectivity index (χ1) is 23.7. The third kappa shape index (κ3) is 7.01. The van der Waals surface area contributed by atoms with Crippen LogP contribution in [0.3, 0.4) is 0 Å². The minimum Gasteiger partial charge on any atom is -0.361 e. The summed E-state index contributed by atoms with van der Waals surface area (Å²) in [6.45, 7) is 8.90. The zero-order valence-corrected chi connectivity index (χ0v) is 28.4. The molecule has 3 aliphatic heterocycles. The van der Waals surface area contributed by atoms with Gasteiger partial charge in [0.1, 0.15) is 0 Å². The Balaban J connectivity index is 1.01. The minimum absolute atomic E-state index is 0.00446. The molecule has 3 amide bonds. The van der Waals surface area contributed by atoms with Crippen LogP contribution in [0.2, 0.25) is 0 Å². The van der Waals surface area contributed by atoms with E-state index in [1.165, 1.54) is 0 Å². The van der Waals surface area contributed by atoms with Gasteiger partial charge in [0.15, 0.2) is 5.78 Å². The average Bonchev–Trinajstić information content (AvgIpc) is 3.62. The number of hydrogen-bond donors (Lipinski definition) is 1. The number of likely N-dealkylation sites (tertiary alicyclic amines) is 2. The topological polar surface area (TPSA) is 110 Å². The van der Waals surface area contributed by atoms with E-state index in [0.29, 0.717) is 49.0 Å². The monoisotopic (exact) mass is 660 g/mol. The van der Waals surface area contributed by atoms with Gasteiger partial charge in [0, 0.05) is 111 Å². The van der Waals surface area contributed by atoms with Crippen molar-refractivity contribution in [2.45, 2.75) is 45.6 Å². The van der Waals surface area contributed by atoms with Crippen molar-refractivity contribution < 1.29 is 19.2 Å². The largest absolute Gasteiger partial charge is 0.361 e. The van der Waals surface area contributed by atoms with E-state index in [1.807, 2.05) is 63.4 Å². The number of hydrogen-bond acceptors (Lipinski definition) is 6. The number of piperidine rings is 2. The Morgan fingerprint density at radius 1 is 0.653 bits per heavy atom. The van der Waals surface area contributed by atoms with Gasteiger partial charge in [-0.05, 0) is 62.9 Å². The third-order valence-corrected chi connectivity index (χ3v) is 10.7. The van der Waals surface area contributed by atoms with Crippen LogP contribution in [0.4, 0.5) is 0 Å². The van der Waals surface area contributed by atoms with Crippen molar-refractivity contribution in [3.8, 4) is 22.5 Å². The number of fused-ring (bicyclic) bond motifs is 1. The number of ketones is 1. The fraction of sp³-hybridized carbons (Fsp3) is 0.410. The molecular formula is C39H44N6O4. The molecule has 4 aromatic rings. The molecule has 3 saturated heterocycles. The molecule has 49 heavy (non-hydrogen) atoms. The summed E-state index contributed by atoms with van der Waals surface area (Å²) >= 11 is 0. The SMILES string of the molecule is CC(=O)c1ccc(-c2cc(C(=O)N3CCN(C4CCN(C(=O)C5CCN(C(C)=O)CC5)CC4)CC3)cc(-c3ccc4[nH]ccc4c3)n2)cc1. The zero-order valence-electron chi connectivity index (χ0n) is 28.4. The molecule has 7 rings (SSSR count). The van der Waals surface area contributed by atoms with Crippen molar-refractivity contribution in [1.29, 1.82) is 0 Å². The molecule has 5 heterocycles. The van der Waals surface area contributed by atoms with Crippen LogP contribution in [-0.4, -0.2) is 111 Å². The molecule has 0 spiro atoms. The van der Waals surface area contributed by atoms with Crippen LogP contribution < -0.4 is 0 Å². The summed E-state index contributed by atoms with van der Waals surface area (Å²) in [5.41, 5.74) is 5.46. The average molecular weight is 661 g/mol. The fourth-order valence-corrected chi connectivity index (χ4v) is 7.66. The maximum absolute atomic E-state index is 14.1. The molecule has 0 atom stereocenters. The highest BCUT2D eigenvalue weighted by molar-refractivity contribution is 5.97. The van der Waals surface area contributed by atoms with Gasteiger partial charge in [0.2, 0.25) is 11.8 Å². The summed E-state index contributed by atoms with van der Waals surface area (Å²) in [6.07, 6.45) is 5.30. The van der Waals surface area contributed by atoms with E-state index in [1.54, 1.807) is 26.0 Å². The van der Waals surface area contributed by atoms with Crippen molar-refractivity contribution >= 4 is 34.4 Å². The number of Topliss-reactive ketones (excluding diaryl/α,β-unsaturated/α-hetero) is 1. The van der Waals surface area contributed by atoms with Crippen LogP contribution in [0.25, 0.3) is 33.4 Å². The van der Waals surface area contributed by atoms with E-state index in [-0.39, 0.29) is 29.4 Å². The third-order valence-electron chi connectivity index (χ3n) is 10.7. The lowest BCUT2D eigenvalue weighted by Crippen LogP contribution is -2.55. The molecule has 1 N–H and O–H groups in total. The first-order valence-corrected chi connectivity index (χ1v) is 17.5. The second kappa shape index (κ2) is 14.0. The normalized spacial score (nSPS) is 18.2. The smallest absolute Gasteiger partial charge is 0.254 e. The van der Waals surface area contributed by atoms with Gasteiger partial charge in [0.25, 0.3) is 5.91 Å². The predicted molar refractivity (Wildman–Crippen MR) is 189 cm³/mol. The van der Waals surface area contributed by atoms with Crippen LogP contribution in [0.5, 0.6) is 0 Å². The molecule has 3 fully saturated rings. The minimum atomic E-state index is -0.0103. The number of rotatable bonds is 6. The van der Waals surface area contributed by atoms with Crippen LogP contribution in [-0.2, 0) is 9.59 Å². The lowest BCUT2D eigenvalue weighted by Gasteiger charge is -2.43. The van der Waals surface area contributed by atoms with E-state index in [9.17, 15) is 19.2 Å². The molecule has 10 nitrogen and oxygen atoms in total. The second-order valence-electron chi connectivity index (χ2n) is 13.7. The van der Waals surface area contributed by atoms with Crippen LogP contribution in [0, 0.1) is 5.92 Å². The number of H-pyrrole nitrogens is 1. The summed E-state index contributed by atoms with van der Waals surface area (Å²) < 4.78 is 0. The first-order valence-electron chi connectivity index (χ1n) is 17.5. The van der Waals surface area contributed by atoms with Crippen LogP contribution in [0.15, 0.2) is 66.9 Å².